The Hall–Kier alpha value is -2.73. The van der Waals surface area contributed by atoms with Gasteiger partial charge in [-0.05, 0) is 37.1 Å². The summed E-state index contributed by atoms with van der Waals surface area (Å²) in [6.45, 7) is 5.18. The molecule has 1 N–H and O–H groups in total. The molecule has 0 unspecified atom stereocenters. The van der Waals surface area contributed by atoms with Crippen molar-refractivity contribution in [3.05, 3.63) is 63.6 Å². The fourth-order valence-electron chi connectivity index (χ4n) is 2.91. The Morgan fingerprint density at radius 3 is 2.62 bits per heavy atom. The molecule has 0 aliphatic heterocycles. The number of hydrogen-bond donors (Lipinski definition) is 1. The second-order valence-electron chi connectivity index (χ2n) is 6.08. The normalized spacial score (nSPS) is 12.0. The van der Waals surface area contributed by atoms with Crippen LogP contribution in [0.5, 0.6) is 0 Å². The number of rotatable bonds is 5. The average Bonchev–Trinajstić information content (AvgIpc) is 2.97. The molecule has 0 radical (unpaired) electrons. The van der Waals surface area contributed by atoms with Crippen molar-refractivity contribution in [1.82, 2.24) is 10.3 Å². The number of thiazole rings is 1. The Morgan fingerprint density at radius 1 is 1.15 bits per heavy atom. The number of amides is 1. The fraction of sp³-hybridized carbons (Fsp3) is 0.250. The van der Waals surface area contributed by atoms with Gasteiger partial charge in [0, 0.05) is 0 Å². The summed E-state index contributed by atoms with van der Waals surface area (Å²) >= 11 is 1.27. The van der Waals surface area contributed by atoms with E-state index in [0.29, 0.717) is 10.6 Å². The number of hydrogen-bond acceptors (Lipinski definition) is 5. The van der Waals surface area contributed by atoms with Crippen LogP contribution in [0.2, 0.25) is 0 Å². The van der Waals surface area contributed by atoms with Crippen LogP contribution in [-0.2, 0) is 9.53 Å². The predicted octanol–water partition coefficient (Wildman–Crippen LogP) is 3.95. The van der Waals surface area contributed by atoms with Gasteiger partial charge in [0.05, 0.1) is 16.7 Å². The molecule has 5 nitrogen and oxygen atoms in total. The molecule has 3 rings (SSSR count). The smallest absolute Gasteiger partial charge is 0.350 e. The molecule has 0 aliphatic rings. The molecule has 0 bridgehead atoms. The number of carbonyl (C=O) groups is 2. The van der Waals surface area contributed by atoms with Crippen LogP contribution < -0.4 is 5.32 Å². The van der Waals surface area contributed by atoms with Gasteiger partial charge in [-0.25, -0.2) is 9.78 Å². The van der Waals surface area contributed by atoms with Gasteiger partial charge in [-0.15, -0.1) is 11.3 Å². The van der Waals surface area contributed by atoms with E-state index in [1.54, 1.807) is 6.92 Å². The van der Waals surface area contributed by atoms with E-state index >= 15 is 0 Å². The first kappa shape index (κ1) is 18.1. The summed E-state index contributed by atoms with van der Waals surface area (Å²) in [6.07, 6.45) is 0. The van der Waals surface area contributed by atoms with Gasteiger partial charge in [0.1, 0.15) is 4.88 Å². The number of carbonyl (C=O) groups excluding carboxylic acids is 2. The van der Waals surface area contributed by atoms with E-state index in [2.05, 4.69) is 10.3 Å². The van der Waals surface area contributed by atoms with Gasteiger partial charge in [-0.2, -0.15) is 0 Å². The van der Waals surface area contributed by atoms with E-state index in [1.807, 2.05) is 56.3 Å². The monoisotopic (exact) mass is 368 g/mol. The Morgan fingerprint density at radius 2 is 1.88 bits per heavy atom. The van der Waals surface area contributed by atoms with Gasteiger partial charge in [-0.1, -0.05) is 42.5 Å². The number of esters is 1. The highest BCUT2D eigenvalue weighted by Crippen LogP contribution is 2.24. The lowest BCUT2D eigenvalue weighted by Gasteiger charge is -2.16. The van der Waals surface area contributed by atoms with Crippen LogP contribution in [0.3, 0.4) is 0 Å². The van der Waals surface area contributed by atoms with Crippen LogP contribution >= 0.6 is 11.3 Å². The largest absolute Gasteiger partial charge is 0.451 e. The van der Waals surface area contributed by atoms with E-state index in [1.165, 1.54) is 11.3 Å². The number of nitrogens with zero attached hydrogens (tertiary/aromatic N) is 1. The van der Waals surface area contributed by atoms with Crippen molar-refractivity contribution >= 4 is 34.0 Å². The zero-order valence-corrected chi connectivity index (χ0v) is 15.7. The van der Waals surface area contributed by atoms with Crippen molar-refractivity contribution in [2.75, 3.05) is 6.61 Å². The van der Waals surface area contributed by atoms with Gasteiger partial charge in [0.15, 0.2) is 6.61 Å². The first-order valence-corrected chi connectivity index (χ1v) is 9.15. The zero-order chi connectivity index (χ0) is 18.7. The molecule has 0 fully saturated rings. The van der Waals surface area contributed by atoms with Crippen molar-refractivity contribution in [3.8, 4) is 0 Å². The number of aryl methyl sites for hydroxylation is 2. The number of aromatic nitrogens is 1. The molecule has 1 atom stereocenters. The van der Waals surface area contributed by atoms with E-state index in [9.17, 15) is 9.59 Å². The third-order valence-corrected chi connectivity index (χ3v) is 5.14. The minimum Gasteiger partial charge on any atom is -0.451 e. The lowest BCUT2D eigenvalue weighted by Crippen LogP contribution is -2.31. The standard InChI is InChI=1S/C20H20N2O3S/c1-12(16-10-6-8-15-7-4-5-9-17(15)16)22-18(23)11-25-20(24)19-13(2)21-14(3)26-19/h4-10,12H,11H2,1-3H3,(H,22,23)/t12-/m0/s1. The van der Waals surface area contributed by atoms with E-state index in [4.69, 9.17) is 4.74 Å². The molecule has 0 saturated carbocycles. The van der Waals surface area contributed by atoms with Crippen LogP contribution in [0.15, 0.2) is 42.5 Å². The molecule has 1 amide bonds. The van der Waals surface area contributed by atoms with Gasteiger partial charge < -0.3 is 10.1 Å². The Kier molecular flexibility index (Phi) is 5.32. The van der Waals surface area contributed by atoms with Crippen LogP contribution in [-0.4, -0.2) is 23.5 Å². The fourth-order valence-corrected chi connectivity index (χ4v) is 3.72. The van der Waals surface area contributed by atoms with Gasteiger partial charge in [-0.3, -0.25) is 4.79 Å². The van der Waals surface area contributed by atoms with Crippen LogP contribution in [0, 0.1) is 13.8 Å². The summed E-state index contributed by atoms with van der Waals surface area (Å²) in [4.78, 5) is 28.9. The van der Waals surface area contributed by atoms with E-state index < -0.39 is 5.97 Å². The molecular weight excluding hydrogens is 348 g/mol. The molecule has 2 aromatic carbocycles. The Bertz CT molecular complexity index is 959. The topological polar surface area (TPSA) is 68.3 Å². The molecule has 6 heteroatoms. The van der Waals surface area contributed by atoms with Crippen molar-refractivity contribution in [2.24, 2.45) is 0 Å². The SMILES string of the molecule is Cc1nc(C)c(C(=O)OCC(=O)N[C@@H](C)c2cccc3ccccc23)s1. The van der Waals surface area contributed by atoms with Gasteiger partial charge in [0.25, 0.3) is 5.91 Å². The highest BCUT2D eigenvalue weighted by atomic mass is 32.1. The van der Waals surface area contributed by atoms with Crippen LogP contribution in [0.25, 0.3) is 10.8 Å². The van der Waals surface area contributed by atoms with Gasteiger partial charge >= 0.3 is 5.97 Å². The minimum absolute atomic E-state index is 0.195. The highest BCUT2D eigenvalue weighted by Gasteiger charge is 2.18. The first-order valence-electron chi connectivity index (χ1n) is 8.34. The van der Waals surface area contributed by atoms with Crippen molar-refractivity contribution < 1.29 is 14.3 Å². The molecule has 1 aromatic heterocycles. The summed E-state index contributed by atoms with van der Waals surface area (Å²) in [6, 6.07) is 13.8. The number of ether oxygens (including phenoxy) is 1. The molecule has 0 aliphatic carbocycles. The Balaban J connectivity index is 1.62. The lowest BCUT2D eigenvalue weighted by molar-refractivity contribution is -0.124. The van der Waals surface area contributed by atoms with Crippen molar-refractivity contribution in [1.29, 1.82) is 0 Å². The molecule has 134 valence electrons. The molecule has 0 spiro atoms. The van der Waals surface area contributed by atoms with Crippen LogP contribution in [0.4, 0.5) is 0 Å². The average molecular weight is 368 g/mol. The summed E-state index contributed by atoms with van der Waals surface area (Å²) in [7, 11) is 0. The number of benzene rings is 2. The van der Waals surface area contributed by atoms with Crippen molar-refractivity contribution in [3.63, 3.8) is 0 Å². The Labute approximate surface area is 156 Å². The van der Waals surface area contributed by atoms with Gasteiger partial charge in [0.2, 0.25) is 0 Å². The second-order valence-corrected chi connectivity index (χ2v) is 7.28. The summed E-state index contributed by atoms with van der Waals surface area (Å²) < 4.78 is 5.13. The summed E-state index contributed by atoms with van der Waals surface area (Å²) in [5.74, 6) is -0.848. The van der Waals surface area contributed by atoms with Crippen molar-refractivity contribution in [2.45, 2.75) is 26.8 Å². The third kappa shape index (κ3) is 3.91. The summed E-state index contributed by atoms with van der Waals surface area (Å²) in [5.41, 5.74) is 1.65. The van der Waals surface area contributed by atoms with Crippen LogP contribution in [0.1, 0.15) is 38.9 Å². The number of nitrogens with one attached hydrogen (secondary N) is 1. The number of fused-ring (bicyclic) bond motifs is 1. The lowest BCUT2D eigenvalue weighted by atomic mass is 10.00. The maximum absolute atomic E-state index is 12.2. The molecular formula is C20H20N2O3S. The third-order valence-electron chi connectivity index (χ3n) is 4.09. The zero-order valence-electron chi connectivity index (χ0n) is 14.9. The van der Waals surface area contributed by atoms with E-state index in [0.717, 1.165) is 21.3 Å². The summed E-state index contributed by atoms with van der Waals surface area (Å²) in [5, 5.41) is 5.89. The predicted molar refractivity (Wildman–Crippen MR) is 102 cm³/mol. The first-order chi connectivity index (χ1) is 12.5. The van der Waals surface area contributed by atoms with E-state index in [-0.39, 0.29) is 18.6 Å². The maximum atomic E-state index is 12.2. The maximum Gasteiger partial charge on any atom is 0.350 e. The quantitative estimate of drug-likeness (QED) is 0.693. The second kappa shape index (κ2) is 7.66. The molecule has 3 aromatic rings. The highest BCUT2D eigenvalue weighted by molar-refractivity contribution is 7.13. The molecule has 1 heterocycles. The molecule has 26 heavy (non-hydrogen) atoms. The molecule has 0 saturated heterocycles. The minimum atomic E-state index is -0.513.